The zero-order valence-electron chi connectivity index (χ0n) is 15.8. The Morgan fingerprint density at radius 3 is 2.44 bits per heavy atom. The number of ether oxygens (including phenoxy) is 1. The van der Waals surface area contributed by atoms with E-state index in [9.17, 15) is 9.59 Å². The fourth-order valence-corrected chi connectivity index (χ4v) is 3.26. The summed E-state index contributed by atoms with van der Waals surface area (Å²) in [6.07, 6.45) is 0.428. The lowest BCUT2D eigenvalue weighted by molar-refractivity contribution is -0.178. The van der Waals surface area contributed by atoms with Crippen molar-refractivity contribution in [2.24, 2.45) is 11.1 Å². The Kier molecular flexibility index (Phi) is 5.54. The molecule has 0 aromatic heterocycles. The summed E-state index contributed by atoms with van der Waals surface area (Å²) in [6, 6.07) is 7.51. The first-order valence-electron chi connectivity index (χ1n) is 8.64. The summed E-state index contributed by atoms with van der Waals surface area (Å²) in [7, 11) is 1.61. The molecule has 2 rings (SSSR count). The largest absolute Gasteiger partial charge is 0.378 e. The summed E-state index contributed by atoms with van der Waals surface area (Å²) in [6.45, 7) is 8.34. The Labute approximate surface area is 149 Å². The van der Waals surface area contributed by atoms with E-state index in [4.69, 9.17) is 10.5 Å². The lowest BCUT2D eigenvalue weighted by atomic mass is 9.54. The number of carbonyl (C=O) groups is 2. The number of hydrogen-bond donors (Lipinski definition) is 2. The predicted molar refractivity (Wildman–Crippen MR) is 98.2 cm³/mol. The molecule has 0 heterocycles. The maximum absolute atomic E-state index is 12.8. The van der Waals surface area contributed by atoms with Crippen molar-refractivity contribution in [2.45, 2.75) is 45.8 Å². The number of benzene rings is 1. The number of carbonyl (C=O) groups excluding carboxylic acids is 2. The van der Waals surface area contributed by atoms with E-state index < -0.39 is 11.0 Å². The zero-order chi connectivity index (χ0) is 18.8. The molecule has 1 saturated carbocycles. The van der Waals surface area contributed by atoms with Gasteiger partial charge < -0.3 is 20.7 Å². The molecule has 1 aliphatic carbocycles. The highest BCUT2D eigenvalue weighted by molar-refractivity contribution is 5.96. The number of hydrogen-bond acceptors (Lipinski definition) is 4. The van der Waals surface area contributed by atoms with Gasteiger partial charge in [-0.05, 0) is 26.0 Å². The first-order valence-corrected chi connectivity index (χ1v) is 8.64. The Bertz CT molecular complexity index is 642. The van der Waals surface area contributed by atoms with Gasteiger partial charge in [0.05, 0.1) is 12.6 Å². The molecule has 2 amide bonds. The van der Waals surface area contributed by atoms with Crippen molar-refractivity contribution in [3.8, 4) is 0 Å². The van der Waals surface area contributed by atoms with Gasteiger partial charge in [-0.3, -0.25) is 9.59 Å². The highest BCUT2D eigenvalue weighted by Crippen LogP contribution is 2.50. The van der Waals surface area contributed by atoms with Crippen LogP contribution in [0.1, 0.15) is 32.8 Å². The maximum Gasteiger partial charge on any atom is 0.243 e. The van der Waals surface area contributed by atoms with Crippen LogP contribution >= 0.6 is 0 Å². The summed E-state index contributed by atoms with van der Waals surface area (Å²) in [5.74, 6) is -0.477. The number of amides is 2. The van der Waals surface area contributed by atoms with Crippen molar-refractivity contribution < 1.29 is 14.3 Å². The lowest BCUT2D eigenvalue weighted by Crippen LogP contribution is -2.76. The van der Waals surface area contributed by atoms with Crippen LogP contribution in [-0.2, 0) is 14.3 Å². The van der Waals surface area contributed by atoms with Crippen LogP contribution in [0, 0.1) is 12.3 Å². The van der Waals surface area contributed by atoms with E-state index in [1.807, 2.05) is 52.0 Å². The van der Waals surface area contributed by atoms with Gasteiger partial charge in [-0.15, -0.1) is 0 Å². The molecule has 0 spiro atoms. The molecule has 1 aromatic rings. The molecular formula is C19H29N3O3. The van der Waals surface area contributed by atoms with Gasteiger partial charge in [-0.25, -0.2) is 0 Å². The average Bonchev–Trinajstić information content (AvgIpc) is 2.55. The van der Waals surface area contributed by atoms with E-state index >= 15 is 0 Å². The summed E-state index contributed by atoms with van der Waals surface area (Å²) in [5.41, 5.74) is 6.73. The summed E-state index contributed by atoms with van der Waals surface area (Å²) >= 11 is 0. The minimum Gasteiger partial charge on any atom is -0.378 e. The second kappa shape index (κ2) is 7.14. The predicted octanol–water partition coefficient (Wildman–Crippen LogP) is 1.92. The van der Waals surface area contributed by atoms with Crippen molar-refractivity contribution in [1.82, 2.24) is 4.90 Å². The number of rotatable bonds is 6. The fourth-order valence-electron chi connectivity index (χ4n) is 3.26. The minimum absolute atomic E-state index is 0.0405. The fraction of sp³-hybridized carbons (Fsp3) is 0.579. The van der Waals surface area contributed by atoms with Crippen molar-refractivity contribution >= 4 is 17.5 Å². The van der Waals surface area contributed by atoms with Gasteiger partial charge in [0.1, 0.15) is 5.54 Å². The molecule has 0 saturated heterocycles. The molecule has 0 aliphatic heterocycles. The highest BCUT2D eigenvalue weighted by Gasteiger charge is 2.63. The number of likely N-dealkylation sites (N-methyl/N-ethyl adjacent to an activating group) is 1. The molecule has 1 aliphatic rings. The molecule has 138 valence electrons. The van der Waals surface area contributed by atoms with Crippen molar-refractivity contribution in [2.75, 3.05) is 25.5 Å². The van der Waals surface area contributed by atoms with Crippen molar-refractivity contribution in [1.29, 1.82) is 0 Å². The van der Waals surface area contributed by atoms with Crippen molar-refractivity contribution in [3.05, 3.63) is 29.8 Å². The van der Waals surface area contributed by atoms with Crippen LogP contribution in [0.4, 0.5) is 5.69 Å². The number of nitrogens with one attached hydrogen (secondary N) is 1. The van der Waals surface area contributed by atoms with Crippen LogP contribution in [0.3, 0.4) is 0 Å². The minimum atomic E-state index is -1.01. The van der Waals surface area contributed by atoms with Gasteiger partial charge in [0, 0.05) is 31.2 Å². The van der Waals surface area contributed by atoms with Gasteiger partial charge >= 0.3 is 0 Å². The molecule has 1 aromatic carbocycles. The molecular weight excluding hydrogens is 318 g/mol. The van der Waals surface area contributed by atoms with Crippen LogP contribution in [-0.4, -0.2) is 48.6 Å². The van der Waals surface area contributed by atoms with Crippen LogP contribution in [0.25, 0.3) is 0 Å². The summed E-state index contributed by atoms with van der Waals surface area (Å²) in [4.78, 5) is 26.4. The van der Waals surface area contributed by atoms with E-state index in [0.717, 1.165) is 5.56 Å². The van der Waals surface area contributed by atoms with E-state index in [0.29, 0.717) is 18.7 Å². The second-order valence-electron chi connectivity index (χ2n) is 7.42. The van der Waals surface area contributed by atoms with E-state index in [2.05, 4.69) is 5.32 Å². The quantitative estimate of drug-likeness (QED) is 0.823. The molecule has 0 radical (unpaired) electrons. The number of nitrogens with zero attached hydrogens (tertiary/aromatic N) is 1. The monoisotopic (exact) mass is 347 g/mol. The number of anilines is 1. The second-order valence-corrected chi connectivity index (χ2v) is 7.42. The van der Waals surface area contributed by atoms with E-state index in [1.165, 1.54) is 4.90 Å². The molecule has 2 atom stereocenters. The van der Waals surface area contributed by atoms with Gasteiger partial charge in [-0.2, -0.15) is 0 Å². The average molecular weight is 347 g/mol. The normalized spacial score (nSPS) is 24.3. The standard InChI is InChI=1S/C19H29N3O3/c1-6-25-15-11-19(20,18(15,3)4)17(24)22(5)12-16(23)21-14-9-7-13(2)8-10-14/h7-10,15H,6,11-12,20H2,1-5H3,(H,21,23). The van der Waals surface area contributed by atoms with E-state index in [-0.39, 0.29) is 24.5 Å². The molecule has 6 nitrogen and oxygen atoms in total. The lowest BCUT2D eigenvalue weighted by Gasteiger charge is -2.58. The topological polar surface area (TPSA) is 84.7 Å². The number of nitrogens with two attached hydrogens (primary N) is 1. The summed E-state index contributed by atoms with van der Waals surface area (Å²) in [5, 5.41) is 2.79. The Hall–Kier alpha value is -1.92. The number of aryl methyl sites for hydroxylation is 1. The molecule has 3 N–H and O–H groups in total. The Balaban J connectivity index is 1.96. The van der Waals surface area contributed by atoms with Gasteiger partial charge in [0.25, 0.3) is 0 Å². The molecule has 0 bridgehead atoms. The SMILES string of the molecule is CCOC1CC(N)(C(=O)N(C)CC(=O)Nc2ccc(C)cc2)C1(C)C. The highest BCUT2D eigenvalue weighted by atomic mass is 16.5. The molecule has 6 heteroatoms. The van der Waals surface area contributed by atoms with Gasteiger partial charge in [0.15, 0.2) is 0 Å². The first kappa shape index (κ1) is 19.4. The Morgan fingerprint density at radius 1 is 1.32 bits per heavy atom. The van der Waals surface area contributed by atoms with Crippen molar-refractivity contribution in [3.63, 3.8) is 0 Å². The van der Waals surface area contributed by atoms with Gasteiger partial charge in [-0.1, -0.05) is 31.5 Å². The summed E-state index contributed by atoms with van der Waals surface area (Å²) < 4.78 is 5.66. The van der Waals surface area contributed by atoms with Gasteiger partial charge in [0.2, 0.25) is 11.8 Å². The zero-order valence-corrected chi connectivity index (χ0v) is 15.8. The molecule has 1 fully saturated rings. The van der Waals surface area contributed by atoms with Crippen LogP contribution < -0.4 is 11.1 Å². The molecule has 25 heavy (non-hydrogen) atoms. The maximum atomic E-state index is 12.8. The smallest absolute Gasteiger partial charge is 0.243 e. The van der Waals surface area contributed by atoms with Crippen LogP contribution in [0.15, 0.2) is 24.3 Å². The Morgan fingerprint density at radius 2 is 1.92 bits per heavy atom. The third-order valence-electron chi connectivity index (χ3n) is 5.27. The van der Waals surface area contributed by atoms with Crippen LogP contribution in [0.5, 0.6) is 0 Å². The molecule has 2 unspecified atom stereocenters. The first-order chi connectivity index (χ1) is 11.6. The van der Waals surface area contributed by atoms with E-state index in [1.54, 1.807) is 7.05 Å². The third kappa shape index (κ3) is 3.70. The van der Waals surface area contributed by atoms with Crippen LogP contribution in [0.2, 0.25) is 0 Å². The third-order valence-corrected chi connectivity index (χ3v) is 5.27.